The smallest absolute Gasteiger partial charge is 0.339 e. The molecule has 2 aromatic carbocycles. The Bertz CT molecular complexity index is 752. The number of esters is 1. The monoisotopic (exact) mass is 463 g/mol. The molecular weight excluding hydrogens is 452 g/mol. The normalized spacial score (nSPS) is 11.7. The molecule has 0 fully saturated rings. The van der Waals surface area contributed by atoms with Crippen LogP contribution in [-0.4, -0.2) is 18.0 Å². The zero-order valence-corrected chi connectivity index (χ0v) is 15.6. The van der Waals surface area contributed by atoms with Crippen LogP contribution in [0.2, 0.25) is 10.0 Å². The van der Waals surface area contributed by atoms with Gasteiger partial charge in [-0.3, -0.25) is 4.79 Å². The van der Waals surface area contributed by atoms with Gasteiger partial charge in [0.15, 0.2) is 6.10 Å². The highest BCUT2D eigenvalue weighted by Gasteiger charge is 2.21. The van der Waals surface area contributed by atoms with Crippen molar-refractivity contribution in [2.75, 3.05) is 5.32 Å². The van der Waals surface area contributed by atoms with Crippen molar-refractivity contribution in [3.05, 3.63) is 61.6 Å². The highest BCUT2D eigenvalue weighted by Crippen LogP contribution is 2.29. The SMILES string of the molecule is CC(OC(=O)c1ccccc1I)C(=O)Nc1cccc(Cl)c1Cl. The molecule has 0 spiro atoms. The Kier molecular flexibility index (Phi) is 6.26. The summed E-state index contributed by atoms with van der Waals surface area (Å²) in [5, 5.41) is 3.15. The van der Waals surface area contributed by atoms with Crippen LogP contribution in [-0.2, 0) is 9.53 Å². The van der Waals surface area contributed by atoms with E-state index in [-0.39, 0.29) is 5.02 Å². The van der Waals surface area contributed by atoms with E-state index in [2.05, 4.69) is 5.32 Å². The van der Waals surface area contributed by atoms with E-state index in [1.807, 2.05) is 28.7 Å². The van der Waals surface area contributed by atoms with E-state index >= 15 is 0 Å². The fourth-order valence-electron chi connectivity index (χ4n) is 1.74. The maximum Gasteiger partial charge on any atom is 0.339 e. The average Bonchev–Trinajstić information content (AvgIpc) is 2.52. The summed E-state index contributed by atoms with van der Waals surface area (Å²) in [7, 11) is 0. The van der Waals surface area contributed by atoms with Crippen LogP contribution in [0.3, 0.4) is 0 Å². The fraction of sp³-hybridized carbons (Fsp3) is 0.125. The quantitative estimate of drug-likeness (QED) is 0.524. The second-order valence-corrected chi connectivity index (χ2v) is 6.57. The molecule has 0 bridgehead atoms. The van der Waals surface area contributed by atoms with Crippen molar-refractivity contribution in [2.24, 2.45) is 0 Å². The second kappa shape index (κ2) is 7.99. The lowest BCUT2D eigenvalue weighted by atomic mass is 10.2. The van der Waals surface area contributed by atoms with Crippen LogP contribution in [0.25, 0.3) is 0 Å². The maximum absolute atomic E-state index is 12.1. The van der Waals surface area contributed by atoms with Crippen LogP contribution in [0.15, 0.2) is 42.5 Å². The van der Waals surface area contributed by atoms with E-state index in [1.54, 1.807) is 36.4 Å². The van der Waals surface area contributed by atoms with Crippen LogP contribution in [0.1, 0.15) is 17.3 Å². The van der Waals surface area contributed by atoms with E-state index in [9.17, 15) is 9.59 Å². The number of ether oxygens (including phenoxy) is 1. The van der Waals surface area contributed by atoms with Crippen molar-refractivity contribution in [2.45, 2.75) is 13.0 Å². The number of anilines is 1. The third-order valence-electron chi connectivity index (χ3n) is 2.96. The van der Waals surface area contributed by atoms with Crippen molar-refractivity contribution >= 4 is 63.4 Å². The molecule has 0 aliphatic carbocycles. The number of carbonyl (C=O) groups excluding carboxylic acids is 2. The first-order valence-corrected chi connectivity index (χ1v) is 8.44. The average molecular weight is 464 g/mol. The molecule has 1 N–H and O–H groups in total. The largest absolute Gasteiger partial charge is 0.449 e. The van der Waals surface area contributed by atoms with Gasteiger partial charge in [-0.05, 0) is 53.8 Å². The Morgan fingerprint density at radius 2 is 1.83 bits per heavy atom. The van der Waals surface area contributed by atoms with Gasteiger partial charge in [0.25, 0.3) is 5.91 Å². The number of hydrogen-bond donors (Lipinski definition) is 1. The van der Waals surface area contributed by atoms with Crippen molar-refractivity contribution in [3.8, 4) is 0 Å². The van der Waals surface area contributed by atoms with Crippen molar-refractivity contribution < 1.29 is 14.3 Å². The van der Waals surface area contributed by atoms with E-state index < -0.39 is 18.0 Å². The minimum atomic E-state index is -0.978. The summed E-state index contributed by atoms with van der Waals surface area (Å²) in [6, 6.07) is 11.9. The molecule has 0 saturated carbocycles. The predicted molar refractivity (Wildman–Crippen MR) is 99.1 cm³/mol. The van der Waals surface area contributed by atoms with Gasteiger partial charge < -0.3 is 10.1 Å². The number of amides is 1. The maximum atomic E-state index is 12.1. The number of rotatable bonds is 4. The molecule has 2 aromatic rings. The van der Waals surface area contributed by atoms with Gasteiger partial charge in [0, 0.05) is 3.57 Å². The summed E-state index contributed by atoms with van der Waals surface area (Å²) in [4.78, 5) is 24.2. The molecule has 0 aliphatic heterocycles. The van der Waals surface area contributed by atoms with E-state index in [0.29, 0.717) is 16.3 Å². The van der Waals surface area contributed by atoms with Gasteiger partial charge in [0.2, 0.25) is 0 Å². The molecule has 4 nitrogen and oxygen atoms in total. The standard InChI is InChI=1S/C16H12Cl2INO3/c1-9(23-16(22)10-5-2-3-7-12(10)19)15(21)20-13-8-4-6-11(17)14(13)18/h2-9H,1H3,(H,20,21). The third-order valence-corrected chi connectivity index (χ3v) is 4.72. The summed E-state index contributed by atoms with van der Waals surface area (Å²) >= 11 is 13.9. The van der Waals surface area contributed by atoms with Gasteiger partial charge in [-0.25, -0.2) is 4.79 Å². The summed E-state index contributed by atoms with van der Waals surface area (Å²) in [6.45, 7) is 1.49. The first-order valence-electron chi connectivity index (χ1n) is 6.60. The van der Waals surface area contributed by atoms with Gasteiger partial charge in [-0.2, -0.15) is 0 Å². The number of hydrogen-bond acceptors (Lipinski definition) is 3. The molecule has 2 rings (SSSR count). The van der Waals surface area contributed by atoms with Crippen LogP contribution in [0.5, 0.6) is 0 Å². The van der Waals surface area contributed by atoms with E-state index in [1.165, 1.54) is 6.92 Å². The first-order chi connectivity index (χ1) is 10.9. The van der Waals surface area contributed by atoms with Gasteiger partial charge in [-0.1, -0.05) is 41.4 Å². The minimum Gasteiger partial charge on any atom is -0.449 e. The van der Waals surface area contributed by atoms with Crippen LogP contribution in [0, 0.1) is 3.57 Å². The Labute approximate surface area is 157 Å². The molecule has 23 heavy (non-hydrogen) atoms. The van der Waals surface area contributed by atoms with Gasteiger partial charge in [0.1, 0.15) is 0 Å². The van der Waals surface area contributed by atoms with Crippen molar-refractivity contribution in [1.29, 1.82) is 0 Å². The summed E-state index contributed by atoms with van der Waals surface area (Å²) in [5.41, 5.74) is 0.773. The van der Waals surface area contributed by atoms with Crippen molar-refractivity contribution in [1.82, 2.24) is 0 Å². The molecule has 0 aliphatic rings. The molecule has 0 heterocycles. The zero-order valence-electron chi connectivity index (χ0n) is 12.0. The van der Waals surface area contributed by atoms with Crippen LogP contribution in [0.4, 0.5) is 5.69 Å². The van der Waals surface area contributed by atoms with Crippen molar-refractivity contribution in [3.63, 3.8) is 0 Å². The minimum absolute atomic E-state index is 0.235. The number of nitrogens with one attached hydrogen (secondary N) is 1. The summed E-state index contributed by atoms with van der Waals surface area (Å²) < 4.78 is 5.94. The molecule has 120 valence electrons. The Morgan fingerprint density at radius 1 is 1.13 bits per heavy atom. The van der Waals surface area contributed by atoms with Crippen LogP contribution >= 0.6 is 45.8 Å². The molecule has 1 amide bonds. The van der Waals surface area contributed by atoms with Gasteiger partial charge in [-0.15, -0.1) is 0 Å². The second-order valence-electron chi connectivity index (χ2n) is 4.62. The Hall–Kier alpha value is -1.31. The molecule has 1 atom stereocenters. The number of benzene rings is 2. The highest BCUT2D eigenvalue weighted by atomic mass is 127. The topological polar surface area (TPSA) is 55.4 Å². The molecule has 0 saturated heterocycles. The van der Waals surface area contributed by atoms with Gasteiger partial charge >= 0.3 is 5.97 Å². The lowest BCUT2D eigenvalue weighted by molar-refractivity contribution is -0.123. The molecule has 0 aromatic heterocycles. The Balaban J connectivity index is 2.04. The van der Waals surface area contributed by atoms with Crippen LogP contribution < -0.4 is 5.32 Å². The van der Waals surface area contributed by atoms with Gasteiger partial charge in [0.05, 0.1) is 21.3 Å². The highest BCUT2D eigenvalue weighted by molar-refractivity contribution is 14.1. The van der Waals surface area contributed by atoms with E-state index in [0.717, 1.165) is 3.57 Å². The number of carbonyl (C=O) groups is 2. The summed E-state index contributed by atoms with van der Waals surface area (Å²) in [5.74, 6) is -1.05. The zero-order chi connectivity index (χ0) is 17.0. The molecule has 0 radical (unpaired) electrons. The molecule has 7 heteroatoms. The lowest BCUT2D eigenvalue weighted by Crippen LogP contribution is -2.30. The summed E-state index contributed by atoms with van der Waals surface area (Å²) in [6.07, 6.45) is -0.978. The third kappa shape index (κ3) is 4.59. The fourth-order valence-corrected chi connectivity index (χ4v) is 2.69. The lowest BCUT2D eigenvalue weighted by Gasteiger charge is -2.15. The Morgan fingerprint density at radius 3 is 2.52 bits per heavy atom. The van der Waals surface area contributed by atoms with E-state index in [4.69, 9.17) is 27.9 Å². The molecular formula is C16H12Cl2INO3. The number of halogens is 3. The predicted octanol–water partition coefficient (Wildman–Crippen LogP) is 4.78. The first kappa shape index (κ1) is 18.0. The molecule has 1 unspecified atom stereocenters.